The molecule has 0 aliphatic rings. The summed E-state index contributed by atoms with van der Waals surface area (Å²) in [5, 5.41) is 2.99. The van der Waals surface area contributed by atoms with Crippen molar-refractivity contribution in [1.29, 1.82) is 0 Å². The van der Waals surface area contributed by atoms with Gasteiger partial charge < -0.3 is 15.0 Å². The number of H-pyrrole nitrogens is 1. The lowest BCUT2D eigenvalue weighted by Gasteiger charge is -2.12. The Bertz CT molecular complexity index is 1100. The second-order valence-electron chi connectivity index (χ2n) is 6.09. The van der Waals surface area contributed by atoms with Gasteiger partial charge in [0.2, 0.25) is 0 Å². The molecule has 2 heterocycles. The van der Waals surface area contributed by atoms with Crippen LogP contribution < -0.4 is 10.1 Å². The number of carbonyl (C=O) groups excluding carboxylic acids is 1. The van der Waals surface area contributed by atoms with E-state index in [1.54, 1.807) is 25.4 Å². The molecule has 0 fully saturated rings. The van der Waals surface area contributed by atoms with Crippen LogP contribution in [0.2, 0.25) is 0 Å². The Kier molecular flexibility index (Phi) is 4.30. The number of benzene rings is 2. The minimum Gasteiger partial charge on any atom is -0.496 e. The largest absolute Gasteiger partial charge is 0.496 e. The van der Waals surface area contributed by atoms with Gasteiger partial charge in [0.1, 0.15) is 11.6 Å². The van der Waals surface area contributed by atoms with Crippen LogP contribution in [0.4, 0.5) is 5.69 Å². The van der Waals surface area contributed by atoms with E-state index in [0.29, 0.717) is 28.5 Å². The van der Waals surface area contributed by atoms with Gasteiger partial charge in [-0.25, -0.2) is 9.97 Å². The maximum atomic E-state index is 12.8. The SMILES string of the molecule is COc1cccc(C(=O)Nc2ccccc2-c2nc3ncccc3[nH]2)c1C. The quantitative estimate of drug-likeness (QED) is 0.573. The Morgan fingerprint density at radius 2 is 1.93 bits per heavy atom. The van der Waals surface area contributed by atoms with Crippen LogP contribution in [0.25, 0.3) is 22.6 Å². The number of aromatic nitrogens is 3. The summed E-state index contributed by atoms with van der Waals surface area (Å²) in [4.78, 5) is 24.9. The van der Waals surface area contributed by atoms with Crippen molar-refractivity contribution < 1.29 is 9.53 Å². The molecule has 27 heavy (non-hydrogen) atoms. The van der Waals surface area contributed by atoms with Crippen molar-refractivity contribution in [3.63, 3.8) is 0 Å². The summed E-state index contributed by atoms with van der Waals surface area (Å²) in [6, 6.07) is 16.7. The first kappa shape index (κ1) is 16.8. The predicted molar refractivity (Wildman–Crippen MR) is 105 cm³/mol. The summed E-state index contributed by atoms with van der Waals surface area (Å²) in [6.45, 7) is 1.87. The number of methoxy groups -OCH3 is 1. The highest BCUT2D eigenvalue weighted by Gasteiger charge is 2.16. The minimum atomic E-state index is -0.201. The topological polar surface area (TPSA) is 79.9 Å². The van der Waals surface area contributed by atoms with Crippen molar-refractivity contribution in [2.75, 3.05) is 12.4 Å². The zero-order valence-electron chi connectivity index (χ0n) is 15.0. The highest BCUT2D eigenvalue weighted by molar-refractivity contribution is 6.07. The van der Waals surface area contributed by atoms with E-state index in [1.165, 1.54) is 0 Å². The molecule has 6 nitrogen and oxygen atoms in total. The van der Waals surface area contributed by atoms with Crippen molar-refractivity contribution in [2.45, 2.75) is 6.92 Å². The normalized spacial score (nSPS) is 10.7. The fraction of sp³-hybridized carbons (Fsp3) is 0.0952. The number of carbonyl (C=O) groups is 1. The second-order valence-corrected chi connectivity index (χ2v) is 6.09. The number of aromatic amines is 1. The predicted octanol–water partition coefficient (Wildman–Crippen LogP) is 4.19. The maximum absolute atomic E-state index is 12.8. The lowest BCUT2D eigenvalue weighted by molar-refractivity contribution is 0.102. The van der Waals surface area contributed by atoms with Gasteiger partial charge in [-0.3, -0.25) is 4.79 Å². The van der Waals surface area contributed by atoms with Crippen LogP contribution in [0.5, 0.6) is 5.75 Å². The molecule has 2 N–H and O–H groups in total. The van der Waals surface area contributed by atoms with Gasteiger partial charge in [0.05, 0.1) is 18.3 Å². The number of nitrogens with zero attached hydrogens (tertiary/aromatic N) is 2. The molecule has 0 radical (unpaired) electrons. The highest BCUT2D eigenvalue weighted by atomic mass is 16.5. The Balaban J connectivity index is 1.70. The third-order valence-electron chi connectivity index (χ3n) is 4.44. The van der Waals surface area contributed by atoms with Gasteiger partial charge in [-0.1, -0.05) is 18.2 Å². The summed E-state index contributed by atoms with van der Waals surface area (Å²) in [6.07, 6.45) is 1.70. The number of nitrogens with one attached hydrogen (secondary N) is 2. The second kappa shape index (κ2) is 6.92. The average molecular weight is 358 g/mol. The lowest BCUT2D eigenvalue weighted by atomic mass is 10.1. The Morgan fingerprint density at radius 1 is 1.07 bits per heavy atom. The summed E-state index contributed by atoms with van der Waals surface area (Å²) in [5.41, 5.74) is 4.31. The molecule has 0 spiro atoms. The zero-order valence-corrected chi connectivity index (χ0v) is 15.0. The van der Waals surface area contributed by atoms with Crippen molar-refractivity contribution in [1.82, 2.24) is 15.0 Å². The van der Waals surface area contributed by atoms with Crippen LogP contribution in [0, 0.1) is 6.92 Å². The molecule has 0 saturated carbocycles. The van der Waals surface area contributed by atoms with Gasteiger partial charge in [-0.05, 0) is 43.3 Å². The van der Waals surface area contributed by atoms with Gasteiger partial charge >= 0.3 is 0 Å². The summed E-state index contributed by atoms with van der Waals surface area (Å²) in [5.74, 6) is 1.13. The third-order valence-corrected chi connectivity index (χ3v) is 4.44. The van der Waals surface area contributed by atoms with Gasteiger partial charge in [-0.15, -0.1) is 0 Å². The van der Waals surface area contributed by atoms with Crippen LogP contribution in [-0.4, -0.2) is 28.0 Å². The fourth-order valence-electron chi connectivity index (χ4n) is 3.04. The van der Waals surface area contributed by atoms with Gasteiger partial charge in [0.15, 0.2) is 5.65 Å². The molecule has 0 bridgehead atoms. The fourth-order valence-corrected chi connectivity index (χ4v) is 3.04. The number of anilines is 1. The first-order chi connectivity index (χ1) is 13.2. The van der Waals surface area contributed by atoms with E-state index in [9.17, 15) is 4.79 Å². The van der Waals surface area contributed by atoms with E-state index in [-0.39, 0.29) is 5.91 Å². The molecule has 6 heteroatoms. The van der Waals surface area contributed by atoms with E-state index >= 15 is 0 Å². The number of hydrogen-bond donors (Lipinski definition) is 2. The number of rotatable bonds is 4. The van der Waals surface area contributed by atoms with E-state index in [4.69, 9.17) is 4.74 Å². The van der Waals surface area contributed by atoms with E-state index in [1.807, 2.05) is 49.4 Å². The molecule has 0 aliphatic heterocycles. The van der Waals surface area contributed by atoms with Gasteiger partial charge in [-0.2, -0.15) is 0 Å². The van der Waals surface area contributed by atoms with E-state index < -0.39 is 0 Å². The van der Waals surface area contributed by atoms with E-state index in [2.05, 4.69) is 20.3 Å². The number of ether oxygens (including phenoxy) is 1. The Labute approximate surface area is 156 Å². The number of imidazole rings is 1. The third kappa shape index (κ3) is 3.13. The summed E-state index contributed by atoms with van der Waals surface area (Å²) in [7, 11) is 1.59. The molecule has 0 unspecified atom stereocenters. The molecular weight excluding hydrogens is 340 g/mol. The molecule has 4 aromatic rings. The van der Waals surface area contributed by atoms with Crippen molar-refractivity contribution >= 4 is 22.8 Å². The first-order valence-corrected chi connectivity index (χ1v) is 8.52. The molecule has 1 amide bonds. The van der Waals surface area contributed by atoms with Gasteiger partial charge in [0.25, 0.3) is 5.91 Å². The van der Waals surface area contributed by atoms with Gasteiger partial charge in [0, 0.05) is 22.9 Å². The average Bonchev–Trinajstić information content (AvgIpc) is 3.12. The summed E-state index contributed by atoms with van der Waals surface area (Å²) >= 11 is 0. The highest BCUT2D eigenvalue weighted by Crippen LogP contribution is 2.28. The van der Waals surface area contributed by atoms with Crippen LogP contribution in [-0.2, 0) is 0 Å². The number of hydrogen-bond acceptors (Lipinski definition) is 4. The number of pyridine rings is 1. The molecular formula is C21H18N4O2. The number of fused-ring (bicyclic) bond motifs is 1. The molecule has 0 saturated heterocycles. The molecule has 2 aromatic carbocycles. The van der Waals surface area contributed by atoms with Crippen LogP contribution in [0.1, 0.15) is 15.9 Å². The molecule has 4 rings (SSSR count). The number of para-hydroxylation sites is 1. The first-order valence-electron chi connectivity index (χ1n) is 8.52. The minimum absolute atomic E-state index is 0.201. The maximum Gasteiger partial charge on any atom is 0.256 e. The lowest BCUT2D eigenvalue weighted by Crippen LogP contribution is -2.14. The number of amides is 1. The molecule has 0 atom stereocenters. The standard InChI is InChI=1S/C21H18N4O2/c1-13-14(8-5-11-18(13)27-2)21(26)24-16-9-4-3-7-15(16)19-23-17-10-6-12-22-20(17)25-19/h3-12H,1-2H3,(H,24,26)(H,22,23,25). The van der Waals surface area contributed by atoms with Crippen molar-refractivity contribution in [2.24, 2.45) is 0 Å². The van der Waals surface area contributed by atoms with Crippen molar-refractivity contribution in [3.8, 4) is 17.1 Å². The van der Waals surface area contributed by atoms with Crippen LogP contribution in [0.3, 0.4) is 0 Å². The Morgan fingerprint density at radius 3 is 2.74 bits per heavy atom. The summed E-state index contributed by atoms with van der Waals surface area (Å²) < 4.78 is 5.31. The monoisotopic (exact) mass is 358 g/mol. The smallest absolute Gasteiger partial charge is 0.256 e. The van der Waals surface area contributed by atoms with Crippen molar-refractivity contribution in [3.05, 3.63) is 71.9 Å². The molecule has 134 valence electrons. The van der Waals surface area contributed by atoms with Crippen LogP contribution in [0.15, 0.2) is 60.8 Å². The molecule has 0 aliphatic carbocycles. The van der Waals surface area contributed by atoms with E-state index in [0.717, 1.165) is 16.6 Å². The zero-order chi connectivity index (χ0) is 18.8. The Hall–Kier alpha value is -3.67. The molecule has 2 aromatic heterocycles. The van der Waals surface area contributed by atoms with Crippen LogP contribution >= 0.6 is 0 Å².